The van der Waals surface area contributed by atoms with Crippen molar-refractivity contribution in [3.63, 3.8) is 0 Å². The number of carbonyl (C=O) groups is 3. The number of aromatic nitrogens is 1. The van der Waals surface area contributed by atoms with Crippen molar-refractivity contribution in [3.8, 4) is 17.0 Å². The van der Waals surface area contributed by atoms with Crippen LogP contribution >= 0.6 is 0 Å². The molecule has 1 aromatic heterocycles. The molecular weight excluding hydrogens is 455 g/mol. The maximum Gasteiger partial charge on any atom is 0.416 e. The molecule has 176 valence electrons. The summed E-state index contributed by atoms with van der Waals surface area (Å²) >= 11 is 0. The molecule has 1 heterocycles. The molecule has 34 heavy (non-hydrogen) atoms. The fourth-order valence-electron chi connectivity index (χ4n) is 3.03. The molecule has 0 fully saturated rings. The lowest BCUT2D eigenvalue weighted by Crippen LogP contribution is -2.19. The number of Topliss-reactive ketones (excluding diaryl/α,β-unsaturated/α-hetero) is 1. The highest BCUT2D eigenvalue weighted by Crippen LogP contribution is 2.34. The van der Waals surface area contributed by atoms with Crippen LogP contribution in [0, 0.1) is 0 Å². The van der Waals surface area contributed by atoms with Crippen LogP contribution in [0.1, 0.15) is 22.3 Å². The standard InChI is InChI=1S/C23H18F3N3O5/c1-34-21-8-5-15(12-27-21)13-3-2-4-14(9-13)19(30)11-20(31)28-18-10-16(23(24,25)26)6-7-17(18)29-22(32)33/h2-10,12,29H,11H2,1H3,(H,28,31)(H,32,33). The first-order chi connectivity index (χ1) is 16.1. The zero-order valence-electron chi connectivity index (χ0n) is 17.6. The van der Waals surface area contributed by atoms with E-state index in [1.54, 1.807) is 36.5 Å². The Labute approximate surface area is 191 Å². The van der Waals surface area contributed by atoms with E-state index in [0.717, 1.165) is 6.07 Å². The fraction of sp³-hybridized carbons (Fsp3) is 0.130. The molecule has 0 radical (unpaired) electrons. The Bertz CT molecular complexity index is 1230. The summed E-state index contributed by atoms with van der Waals surface area (Å²) in [6.07, 6.45) is -5.36. The van der Waals surface area contributed by atoms with Gasteiger partial charge in [0.1, 0.15) is 0 Å². The van der Waals surface area contributed by atoms with E-state index in [-0.39, 0.29) is 11.3 Å². The van der Waals surface area contributed by atoms with Gasteiger partial charge in [0.25, 0.3) is 0 Å². The number of hydrogen-bond donors (Lipinski definition) is 3. The van der Waals surface area contributed by atoms with Crippen LogP contribution in [0.15, 0.2) is 60.8 Å². The van der Waals surface area contributed by atoms with E-state index >= 15 is 0 Å². The molecule has 0 bridgehead atoms. The molecule has 0 aliphatic heterocycles. The number of ether oxygens (including phenoxy) is 1. The van der Waals surface area contributed by atoms with Crippen molar-refractivity contribution in [1.29, 1.82) is 0 Å². The zero-order valence-corrected chi connectivity index (χ0v) is 17.6. The van der Waals surface area contributed by atoms with Gasteiger partial charge in [0.15, 0.2) is 5.78 Å². The minimum absolute atomic E-state index is 0.205. The minimum atomic E-state index is -4.71. The van der Waals surface area contributed by atoms with E-state index in [1.165, 1.54) is 13.2 Å². The number of nitrogens with one attached hydrogen (secondary N) is 2. The Morgan fingerprint density at radius 2 is 1.74 bits per heavy atom. The predicted molar refractivity (Wildman–Crippen MR) is 117 cm³/mol. The Morgan fingerprint density at radius 3 is 2.35 bits per heavy atom. The Balaban J connectivity index is 1.77. The normalized spacial score (nSPS) is 10.9. The summed E-state index contributed by atoms with van der Waals surface area (Å²) in [5.41, 5.74) is -0.217. The Morgan fingerprint density at radius 1 is 0.971 bits per heavy atom. The monoisotopic (exact) mass is 473 g/mol. The number of methoxy groups -OCH3 is 1. The number of anilines is 2. The van der Waals surface area contributed by atoms with E-state index in [0.29, 0.717) is 29.1 Å². The first-order valence-electron chi connectivity index (χ1n) is 9.71. The summed E-state index contributed by atoms with van der Waals surface area (Å²) in [5.74, 6) is -1.08. The molecule has 2 aromatic carbocycles. The zero-order chi connectivity index (χ0) is 24.9. The molecule has 2 amide bonds. The van der Waals surface area contributed by atoms with Gasteiger partial charge >= 0.3 is 12.3 Å². The number of alkyl halides is 3. The maximum absolute atomic E-state index is 13.0. The number of rotatable bonds is 7. The summed E-state index contributed by atoms with van der Waals surface area (Å²) in [4.78, 5) is 40.1. The van der Waals surface area contributed by atoms with Crippen LogP contribution < -0.4 is 15.4 Å². The van der Waals surface area contributed by atoms with Crippen LogP contribution in [0.5, 0.6) is 5.88 Å². The third kappa shape index (κ3) is 6.09. The number of hydrogen-bond acceptors (Lipinski definition) is 5. The summed E-state index contributed by atoms with van der Waals surface area (Å²) < 4.78 is 44.1. The molecule has 0 unspecified atom stereocenters. The molecule has 3 N–H and O–H groups in total. The molecule has 0 spiro atoms. The lowest BCUT2D eigenvalue weighted by atomic mass is 10.0. The van der Waals surface area contributed by atoms with Crippen molar-refractivity contribution in [2.75, 3.05) is 17.7 Å². The first kappa shape index (κ1) is 24.2. The lowest BCUT2D eigenvalue weighted by molar-refractivity contribution is -0.137. The number of carbonyl (C=O) groups excluding carboxylic acids is 2. The van der Waals surface area contributed by atoms with Crippen molar-refractivity contribution in [2.24, 2.45) is 0 Å². The number of amides is 2. The van der Waals surface area contributed by atoms with E-state index in [9.17, 15) is 27.6 Å². The molecule has 0 saturated heterocycles. The smallest absolute Gasteiger partial charge is 0.416 e. The molecule has 3 aromatic rings. The Kier molecular flexibility index (Phi) is 7.15. The third-order valence-corrected chi connectivity index (χ3v) is 4.65. The lowest BCUT2D eigenvalue weighted by Gasteiger charge is -2.14. The molecule has 0 aliphatic carbocycles. The summed E-state index contributed by atoms with van der Waals surface area (Å²) in [6.45, 7) is 0. The second-order valence-corrected chi connectivity index (χ2v) is 7.01. The number of halogens is 3. The van der Waals surface area contributed by atoms with Crippen molar-refractivity contribution < 1.29 is 37.4 Å². The predicted octanol–water partition coefficient (Wildman–Crippen LogP) is 5.08. The van der Waals surface area contributed by atoms with Gasteiger partial charge in [-0.1, -0.05) is 18.2 Å². The van der Waals surface area contributed by atoms with Crippen molar-refractivity contribution in [3.05, 3.63) is 71.9 Å². The van der Waals surface area contributed by atoms with Crippen molar-refractivity contribution in [1.82, 2.24) is 4.98 Å². The van der Waals surface area contributed by atoms with Crippen LogP contribution in [-0.2, 0) is 11.0 Å². The van der Waals surface area contributed by atoms with Crippen molar-refractivity contribution >= 4 is 29.2 Å². The van der Waals surface area contributed by atoms with Crippen LogP contribution in [0.4, 0.5) is 29.3 Å². The number of pyridine rings is 1. The first-order valence-corrected chi connectivity index (χ1v) is 9.71. The average molecular weight is 473 g/mol. The van der Waals surface area contributed by atoms with Gasteiger partial charge in [-0.05, 0) is 35.9 Å². The summed E-state index contributed by atoms with van der Waals surface area (Å²) in [5, 5.41) is 13.0. The molecule has 8 nitrogen and oxygen atoms in total. The number of ketones is 1. The van der Waals surface area contributed by atoms with Gasteiger partial charge in [0.05, 0.1) is 30.5 Å². The van der Waals surface area contributed by atoms with Gasteiger partial charge in [-0.15, -0.1) is 0 Å². The van der Waals surface area contributed by atoms with Gasteiger partial charge in [0.2, 0.25) is 11.8 Å². The minimum Gasteiger partial charge on any atom is -0.481 e. The van der Waals surface area contributed by atoms with Gasteiger partial charge in [-0.2, -0.15) is 13.2 Å². The van der Waals surface area contributed by atoms with Gasteiger partial charge in [-0.3, -0.25) is 14.9 Å². The van der Waals surface area contributed by atoms with Crippen LogP contribution in [0.2, 0.25) is 0 Å². The summed E-state index contributed by atoms with van der Waals surface area (Å²) in [6, 6.07) is 11.9. The second kappa shape index (κ2) is 10.0. The highest BCUT2D eigenvalue weighted by Gasteiger charge is 2.31. The molecule has 0 saturated carbocycles. The average Bonchev–Trinajstić information content (AvgIpc) is 2.79. The molecule has 3 rings (SSSR count). The SMILES string of the molecule is COc1ccc(-c2cccc(C(=O)CC(=O)Nc3cc(C(F)(F)F)ccc3NC(=O)O)c2)cn1. The topological polar surface area (TPSA) is 118 Å². The number of nitrogens with zero attached hydrogens (tertiary/aromatic N) is 1. The highest BCUT2D eigenvalue weighted by molar-refractivity contribution is 6.12. The van der Waals surface area contributed by atoms with E-state index in [1.807, 2.05) is 5.32 Å². The number of carboxylic acid groups (broad SMARTS) is 1. The van der Waals surface area contributed by atoms with Crippen LogP contribution in [0.3, 0.4) is 0 Å². The van der Waals surface area contributed by atoms with E-state index < -0.39 is 41.6 Å². The Hall–Kier alpha value is -4.41. The van der Waals surface area contributed by atoms with Gasteiger partial charge < -0.3 is 15.2 Å². The molecule has 0 aliphatic rings. The quantitative estimate of drug-likeness (QED) is 0.326. The van der Waals surface area contributed by atoms with Crippen LogP contribution in [-0.4, -0.2) is 35.0 Å². The highest BCUT2D eigenvalue weighted by atomic mass is 19.4. The summed E-state index contributed by atoms with van der Waals surface area (Å²) in [7, 11) is 1.48. The van der Waals surface area contributed by atoms with Crippen LogP contribution in [0.25, 0.3) is 11.1 Å². The fourth-order valence-corrected chi connectivity index (χ4v) is 3.03. The molecular formula is C23H18F3N3O5. The van der Waals surface area contributed by atoms with Crippen molar-refractivity contribution in [2.45, 2.75) is 12.6 Å². The largest absolute Gasteiger partial charge is 0.481 e. The van der Waals surface area contributed by atoms with Gasteiger partial charge in [0, 0.05) is 23.4 Å². The van der Waals surface area contributed by atoms with Gasteiger partial charge in [-0.25, -0.2) is 9.78 Å². The third-order valence-electron chi connectivity index (χ3n) is 4.65. The number of benzene rings is 2. The maximum atomic E-state index is 13.0. The van der Waals surface area contributed by atoms with E-state index in [2.05, 4.69) is 10.3 Å². The molecule has 11 heteroatoms. The second-order valence-electron chi connectivity index (χ2n) is 7.01. The van der Waals surface area contributed by atoms with E-state index in [4.69, 9.17) is 9.84 Å². The molecule has 0 atom stereocenters.